The van der Waals surface area contributed by atoms with E-state index in [1.807, 2.05) is 0 Å². The molecule has 2 atom stereocenters. The molecule has 1 aromatic rings. The summed E-state index contributed by atoms with van der Waals surface area (Å²) in [5.41, 5.74) is 0.798. The molecular weight excluding hydrogens is 458 g/mol. The minimum atomic E-state index is -1.79. The quantitative estimate of drug-likeness (QED) is 0.150. The molecular formula is C24H41N3O8. The van der Waals surface area contributed by atoms with Crippen molar-refractivity contribution in [2.24, 2.45) is 0 Å². The number of aromatic nitrogens is 2. The molecule has 11 heteroatoms. The van der Waals surface area contributed by atoms with Gasteiger partial charge in [-0.25, -0.2) is 14.6 Å². The molecule has 0 aromatic carbocycles. The van der Waals surface area contributed by atoms with E-state index in [-0.39, 0.29) is 5.91 Å². The molecule has 200 valence electrons. The zero-order chi connectivity index (χ0) is 26.5. The summed E-state index contributed by atoms with van der Waals surface area (Å²) in [6, 6.07) is -0.665. The first kappa shape index (κ1) is 32.0. The molecule has 5 N–H and O–H groups in total. The molecule has 0 saturated carbocycles. The van der Waals surface area contributed by atoms with Crippen LogP contribution < -0.4 is 5.32 Å². The number of aromatic amines is 1. The molecule has 1 unspecified atom stereocenters. The number of hydrogen-bond acceptors (Lipinski definition) is 7. The zero-order valence-corrected chi connectivity index (χ0v) is 20.8. The van der Waals surface area contributed by atoms with Crippen LogP contribution in [0.3, 0.4) is 0 Å². The Balaban J connectivity index is 0.00000109. The minimum absolute atomic E-state index is 0.0921. The van der Waals surface area contributed by atoms with Crippen molar-refractivity contribution in [3.8, 4) is 0 Å². The van der Waals surface area contributed by atoms with E-state index in [2.05, 4.69) is 22.2 Å². The number of ether oxygens (including phenoxy) is 1. The SMILES string of the molecule is CCCCCCCCCCCC(=O)N[C@@H](Cc1cnc[nH]1)C(=O)OCC.O=C(O)CC(O)C(=O)O. The largest absolute Gasteiger partial charge is 0.481 e. The average Bonchev–Trinajstić information content (AvgIpc) is 3.31. The monoisotopic (exact) mass is 499 g/mol. The second-order valence-electron chi connectivity index (χ2n) is 8.18. The number of carboxylic acid groups (broad SMARTS) is 2. The van der Waals surface area contributed by atoms with Crippen LogP contribution >= 0.6 is 0 Å². The maximum atomic E-state index is 12.2. The average molecular weight is 500 g/mol. The number of rotatable bonds is 18. The van der Waals surface area contributed by atoms with Crippen LogP contribution in [0.1, 0.15) is 90.2 Å². The Bertz CT molecular complexity index is 724. The Morgan fingerprint density at radius 1 is 1.00 bits per heavy atom. The van der Waals surface area contributed by atoms with Crippen LogP contribution in [-0.4, -0.2) is 67.9 Å². The molecule has 0 aliphatic heterocycles. The lowest BCUT2D eigenvalue weighted by Gasteiger charge is -2.16. The molecule has 1 aromatic heterocycles. The number of carbonyl (C=O) groups is 4. The number of carbonyl (C=O) groups excluding carboxylic acids is 2. The number of H-pyrrole nitrogens is 1. The van der Waals surface area contributed by atoms with Crippen molar-refractivity contribution in [2.75, 3.05) is 6.61 Å². The summed E-state index contributed by atoms with van der Waals surface area (Å²) < 4.78 is 5.06. The van der Waals surface area contributed by atoms with Gasteiger partial charge in [0.05, 0.1) is 19.4 Å². The molecule has 0 aliphatic rings. The smallest absolute Gasteiger partial charge is 0.333 e. The predicted molar refractivity (Wildman–Crippen MR) is 129 cm³/mol. The van der Waals surface area contributed by atoms with Gasteiger partial charge in [-0.05, 0) is 13.3 Å². The van der Waals surface area contributed by atoms with Crippen LogP contribution in [0.2, 0.25) is 0 Å². The third kappa shape index (κ3) is 18.1. The van der Waals surface area contributed by atoms with Gasteiger partial charge < -0.3 is 30.4 Å². The van der Waals surface area contributed by atoms with Crippen molar-refractivity contribution in [1.82, 2.24) is 15.3 Å². The van der Waals surface area contributed by atoms with Gasteiger partial charge >= 0.3 is 17.9 Å². The highest BCUT2D eigenvalue weighted by molar-refractivity contribution is 5.84. The van der Waals surface area contributed by atoms with Crippen LogP contribution in [0.15, 0.2) is 12.5 Å². The molecule has 0 fully saturated rings. The third-order valence-corrected chi connectivity index (χ3v) is 5.05. The van der Waals surface area contributed by atoms with Gasteiger partial charge in [0.25, 0.3) is 0 Å². The summed E-state index contributed by atoms with van der Waals surface area (Å²) in [7, 11) is 0. The van der Waals surface area contributed by atoms with Crippen LogP contribution in [0, 0.1) is 0 Å². The summed E-state index contributed by atoms with van der Waals surface area (Å²) in [6.07, 6.45) is 12.4. The lowest BCUT2D eigenvalue weighted by Crippen LogP contribution is -2.43. The minimum Gasteiger partial charge on any atom is -0.481 e. The fraction of sp³-hybridized carbons (Fsp3) is 0.708. The van der Waals surface area contributed by atoms with Gasteiger partial charge in [0.15, 0.2) is 6.10 Å². The van der Waals surface area contributed by atoms with E-state index in [1.54, 1.807) is 19.4 Å². The fourth-order valence-corrected chi connectivity index (χ4v) is 3.17. The highest BCUT2D eigenvalue weighted by Gasteiger charge is 2.22. The van der Waals surface area contributed by atoms with Crippen molar-refractivity contribution >= 4 is 23.8 Å². The number of nitrogens with one attached hydrogen (secondary N) is 2. The fourth-order valence-electron chi connectivity index (χ4n) is 3.17. The Morgan fingerprint density at radius 3 is 2.06 bits per heavy atom. The molecule has 0 saturated heterocycles. The number of hydrogen-bond donors (Lipinski definition) is 5. The van der Waals surface area contributed by atoms with Crippen molar-refractivity contribution in [3.63, 3.8) is 0 Å². The van der Waals surface area contributed by atoms with Gasteiger partial charge in [0, 0.05) is 24.7 Å². The normalized spacial score (nSPS) is 12.1. The van der Waals surface area contributed by atoms with Crippen LogP contribution in [0.4, 0.5) is 0 Å². The summed E-state index contributed by atoms with van der Waals surface area (Å²) in [5.74, 6) is -3.34. The number of carboxylic acids is 2. The first-order valence-corrected chi connectivity index (χ1v) is 12.3. The first-order chi connectivity index (χ1) is 16.7. The number of amides is 1. The molecule has 0 bridgehead atoms. The standard InChI is InChI=1S/C20H35N3O3.C4H6O5/c1-3-5-6-7-8-9-10-11-12-13-19(24)23-18(20(25)26-4-2)14-17-15-21-16-22-17;5-2(4(8)9)1-3(6)7/h15-16,18H,3-14H2,1-2H3,(H,21,22)(H,23,24);2,5H,1H2,(H,6,7)(H,8,9)/t18-;/m0./s1. The van der Waals surface area contributed by atoms with E-state index in [9.17, 15) is 19.2 Å². The maximum Gasteiger partial charge on any atom is 0.333 e. The molecule has 35 heavy (non-hydrogen) atoms. The topological polar surface area (TPSA) is 179 Å². The van der Waals surface area contributed by atoms with Gasteiger partial charge in [-0.3, -0.25) is 9.59 Å². The van der Waals surface area contributed by atoms with E-state index >= 15 is 0 Å². The van der Waals surface area contributed by atoms with Crippen LogP contribution in [0.25, 0.3) is 0 Å². The van der Waals surface area contributed by atoms with Crippen LogP contribution in [0.5, 0.6) is 0 Å². The van der Waals surface area contributed by atoms with E-state index in [4.69, 9.17) is 20.1 Å². The summed E-state index contributed by atoms with van der Waals surface area (Å²) in [5, 5.41) is 26.9. The van der Waals surface area contributed by atoms with E-state index < -0.39 is 36.5 Å². The van der Waals surface area contributed by atoms with E-state index in [1.165, 1.54) is 44.9 Å². The molecule has 0 spiro atoms. The van der Waals surface area contributed by atoms with Gasteiger partial charge in [-0.15, -0.1) is 0 Å². The van der Waals surface area contributed by atoms with Gasteiger partial charge in [-0.2, -0.15) is 0 Å². The highest BCUT2D eigenvalue weighted by atomic mass is 16.5. The highest BCUT2D eigenvalue weighted by Crippen LogP contribution is 2.11. The Labute approximate surface area is 206 Å². The molecule has 0 radical (unpaired) electrons. The number of aliphatic hydroxyl groups is 1. The number of esters is 1. The third-order valence-electron chi connectivity index (χ3n) is 5.05. The Hall–Kier alpha value is -2.95. The zero-order valence-electron chi connectivity index (χ0n) is 20.8. The van der Waals surface area contributed by atoms with Gasteiger partial charge in [0.1, 0.15) is 6.04 Å². The van der Waals surface area contributed by atoms with Crippen LogP contribution in [-0.2, 0) is 30.3 Å². The summed E-state index contributed by atoms with van der Waals surface area (Å²) in [6.45, 7) is 4.29. The maximum absolute atomic E-state index is 12.2. The number of aliphatic hydroxyl groups excluding tert-OH is 1. The van der Waals surface area contributed by atoms with Gasteiger partial charge in [-0.1, -0.05) is 58.3 Å². The molecule has 1 amide bonds. The lowest BCUT2D eigenvalue weighted by atomic mass is 10.1. The van der Waals surface area contributed by atoms with Crippen molar-refractivity contribution < 1.29 is 39.2 Å². The van der Waals surface area contributed by atoms with E-state index in [0.717, 1.165) is 18.5 Å². The van der Waals surface area contributed by atoms with Crippen molar-refractivity contribution in [2.45, 2.75) is 103 Å². The lowest BCUT2D eigenvalue weighted by molar-refractivity contribution is -0.152. The van der Waals surface area contributed by atoms with Crippen molar-refractivity contribution in [3.05, 3.63) is 18.2 Å². The number of nitrogens with zero attached hydrogens (tertiary/aromatic N) is 1. The molecule has 0 aliphatic carbocycles. The number of unbranched alkanes of at least 4 members (excludes halogenated alkanes) is 8. The first-order valence-electron chi connectivity index (χ1n) is 12.3. The second-order valence-corrected chi connectivity index (χ2v) is 8.18. The van der Waals surface area contributed by atoms with Gasteiger partial charge in [0.2, 0.25) is 5.91 Å². The summed E-state index contributed by atoms with van der Waals surface area (Å²) >= 11 is 0. The Kier molecular flexibility index (Phi) is 18.7. The summed E-state index contributed by atoms with van der Waals surface area (Å²) in [4.78, 5) is 50.5. The van der Waals surface area contributed by atoms with Crippen molar-refractivity contribution in [1.29, 1.82) is 0 Å². The predicted octanol–water partition coefficient (Wildman–Crippen LogP) is 2.83. The molecule has 1 rings (SSSR count). The van der Waals surface area contributed by atoms with E-state index in [0.29, 0.717) is 19.4 Å². The number of aliphatic carboxylic acids is 2. The Morgan fingerprint density at radius 2 is 1.60 bits per heavy atom. The number of imidazole rings is 1. The molecule has 1 heterocycles. The second kappa shape index (κ2) is 20.4. The molecule has 11 nitrogen and oxygen atoms in total.